The summed E-state index contributed by atoms with van der Waals surface area (Å²) in [5, 5.41) is 10.8. The minimum atomic E-state index is -0.792. The number of hydrogen-bond acceptors (Lipinski definition) is 5. The van der Waals surface area contributed by atoms with Crippen molar-refractivity contribution in [3.8, 4) is 11.3 Å². The summed E-state index contributed by atoms with van der Waals surface area (Å²) in [6.07, 6.45) is 2.12. The van der Waals surface area contributed by atoms with Gasteiger partial charge in [-0.2, -0.15) is 0 Å². The molecular formula is C11H9NO2S3. The van der Waals surface area contributed by atoms with Gasteiger partial charge in [0, 0.05) is 15.3 Å². The first-order chi connectivity index (χ1) is 8.24. The topological polar surface area (TPSA) is 50.2 Å². The highest BCUT2D eigenvalue weighted by molar-refractivity contribution is 8.01. The van der Waals surface area contributed by atoms with Crippen molar-refractivity contribution < 1.29 is 9.90 Å². The van der Waals surface area contributed by atoms with Gasteiger partial charge in [-0.25, -0.2) is 4.98 Å². The number of aliphatic carboxylic acids is 1. The smallest absolute Gasteiger partial charge is 0.313 e. The summed E-state index contributed by atoms with van der Waals surface area (Å²) in [5.74, 6) is -0.706. The number of aromatic nitrogens is 1. The van der Waals surface area contributed by atoms with Gasteiger partial charge in [-0.1, -0.05) is 11.8 Å². The van der Waals surface area contributed by atoms with Crippen LogP contribution in [0.3, 0.4) is 0 Å². The molecule has 3 rings (SSSR count). The Hall–Kier alpha value is -0.850. The van der Waals surface area contributed by atoms with E-state index in [4.69, 9.17) is 5.11 Å². The van der Waals surface area contributed by atoms with Crippen molar-refractivity contribution in [1.82, 2.24) is 4.98 Å². The molecule has 88 valence electrons. The highest BCUT2D eigenvalue weighted by atomic mass is 32.2. The average Bonchev–Trinajstić information content (AvgIpc) is 2.91. The predicted molar refractivity (Wildman–Crippen MR) is 71.2 cm³/mol. The summed E-state index contributed by atoms with van der Waals surface area (Å²) in [5.41, 5.74) is 2.32. The number of carboxylic acids is 1. The molecule has 2 aromatic heterocycles. The van der Waals surface area contributed by atoms with Gasteiger partial charge in [0.1, 0.15) is 0 Å². The van der Waals surface area contributed by atoms with Crippen molar-refractivity contribution in [3.05, 3.63) is 21.2 Å². The van der Waals surface area contributed by atoms with Gasteiger partial charge in [0.15, 0.2) is 4.34 Å². The van der Waals surface area contributed by atoms with E-state index < -0.39 is 5.97 Å². The van der Waals surface area contributed by atoms with Gasteiger partial charge < -0.3 is 5.11 Å². The lowest BCUT2D eigenvalue weighted by molar-refractivity contribution is -0.133. The maximum Gasteiger partial charge on any atom is 0.313 e. The van der Waals surface area contributed by atoms with Crippen LogP contribution in [0, 0.1) is 0 Å². The molecule has 1 N–H and O–H groups in total. The van der Waals surface area contributed by atoms with Crippen molar-refractivity contribution in [2.45, 2.75) is 17.2 Å². The molecule has 6 heteroatoms. The molecule has 0 aromatic carbocycles. The zero-order valence-corrected chi connectivity index (χ0v) is 11.3. The van der Waals surface area contributed by atoms with E-state index in [1.807, 2.05) is 0 Å². The van der Waals surface area contributed by atoms with E-state index in [1.54, 1.807) is 22.7 Å². The third-order valence-electron chi connectivity index (χ3n) is 2.58. The van der Waals surface area contributed by atoms with Gasteiger partial charge >= 0.3 is 5.97 Å². The molecular weight excluding hydrogens is 274 g/mol. The molecule has 2 heterocycles. The van der Waals surface area contributed by atoms with Crippen molar-refractivity contribution in [2.24, 2.45) is 0 Å². The Morgan fingerprint density at radius 3 is 3.12 bits per heavy atom. The molecule has 0 bridgehead atoms. The lowest BCUT2D eigenvalue weighted by Gasteiger charge is -2.09. The van der Waals surface area contributed by atoms with Crippen LogP contribution in [0.25, 0.3) is 11.3 Å². The number of thiazole rings is 1. The van der Waals surface area contributed by atoms with Gasteiger partial charge in [-0.05, 0) is 24.3 Å². The van der Waals surface area contributed by atoms with E-state index >= 15 is 0 Å². The fraction of sp³-hybridized carbons (Fsp3) is 0.273. The minimum absolute atomic E-state index is 0.0862. The third-order valence-corrected chi connectivity index (χ3v) is 5.80. The predicted octanol–water partition coefficient (Wildman–Crippen LogP) is 3.15. The minimum Gasteiger partial charge on any atom is -0.481 e. The molecule has 0 amide bonds. The number of fused-ring (bicyclic) bond motifs is 3. The molecule has 0 fully saturated rings. The second-order valence-electron chi connectivity index (χ2n) is 3.69. The number of nitrogens with zero attached hydrogens (tertiary/aromatic N) is 1. The number of thiophene rings is 1. The quantitative estimate of drug-likeness (QED) is 0.879. The van der Waals surface area contributed by atoms with E-state index in [2.05, 4.69) is 16.4 Å². The molecule has 0 aliphatic heterocycles. The number of thioether (sulfide) groups is 1. The SMILES string of the molecule is O=C(O)CSc1nc2c(s1)CCc1sccc1-2. The summed E-state index contributed by atoms with van der Waals surface area (Å²) in [4.78, 5) is 17.8. The molecule has 0 unspecified atom stereocenters. The Bertz CT molecular complexity index is 573. The largest absolute Gasteiger partial charge is 0.481 e. The number of carbonyl (C=O) groups is 1. The van der Waals surface area contributed by atoms with Gasteiger partial charge in [0.05, 0.1) is 11.4 Å². The maximum absolute atomic E-state index is 10.5. The Morgan fingerprint density at radius 2 is 2.29 bits per heavy atom. The first-order valence-electron chi connectivity index (χ1n) is 5.15. The number of aryl methyl sites for hydroxylation is 2. The Balaban J connectivity index is 1.91. The van der Waals surface area contributed by atoms with Gasteiger partial charge in [-0.15, -0.1) is 22.7 Å². The average molecular weight is 283 g/mol. The molecule has 1 aliphatic carbocycles. The van der Waals surface area contributed by atoms with Crippen molar-refractivity contribution in [1.29, 1.82) is 0 Å². The second-order valence-corrected chi connectivity index (χ2v) is 7.00. The van der Waals surface area contributed by atoms with E-state index in [9.17, 15) is 4.79 Å². The lowest BCUT2D eigenvalue weighted by Crippen LogP contribution is -1.98. The van der Waals surface area contributed by atoms with E-state index in [1.165, 1.54) is 27.1 Å². The first kappa shape index (κ1) is 11.3. The van der Waals surface area contributed by atoms with Gasteiger partial charge in [0.2, 0.25) is 0 Å². The Kier molecular flexibility index (Phi) is 2.94. The first-order valence-corrected chi connectivity index (χ1v) is 7.83. The van der Waals surface area contributed by atoms with Crippen LogP contribution in [0.15, 0.2) is 15.8 Å². The van der Waals surface area contributed by atoms with Crippen molar-refractivity contribution >= 4 is 40.4 Å². The van der Waals surface area contributed by atoms with Crippen LogP contribution < -0.4 is 0 Å². The standard InChI is InChI=1S/C11H9NO2S3/c13-9(14)5-16-11-12-10-6-3-4-15-7(6)1-2-8(10)17-11/h3-4H,1-2,5H2,(H,13,14). The molecule has 0 radical (unpaired) electrons. The van der Waals surface area contributed by atoms with Crippen LogP contribution >= 0.6 is 34.4 Å². The van der Waals surface area contributed by atoms with Crippen LogP contribution in [0.1, 0.15) is 9.75 Å². The molecule has 0 saturated carbocycles. The second kappa shape index (κ2) is 4.44. The monoisotopic (exact) mass is 283 g/mol. The number of carboxylic acid groups (broad SMARTS) is 1. The van der Waals surface area contributed by atoms with Crippen LogP contribution in [0.2, 0.25) is 0 Å². The molecule has 0 spiro atoms. The Morgan fingerprint density at radius 1 is 1.47 bits per heavy atom. The Labute approximate surface area is 111 Å². The number of hydrogen-bond donors (Lipinski definition) is 1. The lowest BCUT2D eigenvalue weighted by atomic mass is 10.0. The van der Waals surface area contributed by atoms with E-state index in [-0.39, 0.29) is 5.75 Å². The molecule has 1 aliphatic rings. The molecule has 17 heavy (non-hydrogen) atoms. The molecule has 0 saturated heterocycles. The van der Waals surface area contributed by atoms with Crippen molar-refractivity contribution in [3.63, 3.8) is 0 Å². The summed E-state index contributed by atoms with van der Waals surface area (Å²) in [6.45, 7) is 0. The highest BCUT2D eigenvalue weighted by Crippen LogP contribution is 2.40. The van der Waals surface area contributed by atoms with Crippen LogP contribution in [0.5, 0.6) is 0 Å². The molecule has 2 aromatic rings. The van der Waals surface area contributed by atoms with Gasteiger partial charge in [-0.3, -0.25) is 4.79 Å². The summed E-state index contributed by atoms with van der Waals surface area (Å²) >= 11 is 4.73. The number of rotatable bonds is 3. The fourth-order valence-corrected chi connectivity index (χ4v) is 4.67. The maximum atomic E-state index is 10.5. The normalized spacial score (nSPS) is 13.2. The zero-order chi connectivity index (χ0) is 11.8. The van der Waals surface area contributed by atoms with Gasteiger partial charge in [0.25, 0.3) is 0 Å². The van der Waals surface area contributed by atoms with Crippen LogP contribution in [-0.4, -0.2) is 21.8 Å². The zero-order valence-electron chi connectivity index (χ0n) is 8.80. The highest BCUT2D eigenvalue weighted by Gasteiger charge is 2.21. The molecule has 0 atom stereocenters. The van der Waals surface area contributed by atoms with E-state index in [0.29, 0.717) is 0 Å². The van der Waals surface area contributed by atoms with Crippen LogP contribution in [-0.2, 0) is 17.6 Å². The van der Waals surface area contributed by atoms with Crippen LogP contribution in [0.4, 0.5) is 0 Å². The fourth-order valence-electron chi connectivity index (χ4n) is 1.87. The molecule has 3 nitrogen and oxygen atoms in total. The third kappa shape index (κ3) is 2.12. The van der Waals surface area contributed by atoms with E-state index in [0.717, 1.165) is 22.9 Å². The van der Waals surface area contributed by atoms with Crippen molar-refractivity contribution in [2.75, 3.05) is 5.75 Å². The summed E-state index contributed by atoms with van der Waals surface area (Å²) in [7, 11) is 0. The summed E-state index contributed by atoms with van der Waals surface area (Å²) < 4.78 is 0.872. The summed E-state index contributed by atoms with van der Waals surface area (Å²) in [6, 6.07) is 2.11.